The summed E-state index contributed by atoms with van der Waals surface area (Å²) in [4.78, 5) is 0. The van der Waals surface area contributed by atoms with Crippen molar-refractivity contribution in [1.29, 1.82) is 0 Å². The Morgan fingerprint density at radius 3 is 1.53 bits per heavy atom. The van der Waals surface area contributed by atoms with E-state index in [-0.39, 0.29) is 6.71 Å². The minimum atomic E-state index is -0.132. The van der Waals surface area contributed by atoms with Crippen LogP contribution in [0.5, 0.6) is 11.5 Å². The first-order valence-electron chi connectivity index (χ1n) is 25.0. The van der Waals surface area contributed by atoms with Crippen LogP contribution in [0.3, 0.4) is 0 Å². The molecule has 0 bridgehead atoms. The first kappa shape index (κ1) is 38.1. The van der Waals surface area contributed by atoms with Gasteiger partial charge in [-0.25, -0.2) is 0 Å². The molecule has 0 amide bonds. The van der Waals surface area contributed by atoms with Gasteiger partial charge in [0.05, 0.1) is 43.9 Å². The third-order valence-electron chi connectivity index (χ3n) is 16.3. The third kappa shape index (κ3) is 4.84. The Bertz CT molecular complexity index is 5040. The second kappa shape index (κ2) is 13.6. The van der Waals surface area contributed by atoms with Crippen LogP contribution >= 0.6 is 0 Å². The van der Waals surface area contributed by atoms with Crippen molar-refractivity contribution < 1.29 is 13.6 Å². The van der Waals surface area contributed by atoms with E-state index in [0.29, 0.717) is 0 Å². The third-order valence-corrected chi connectivity index (χ3v) is 16.3. The van der Waals surface area contributed by atoms with E-state index in [1.54, 1.807) is 0 Å². The zero-order chi connectivity index (χ0) is 47.2. The highest BCUT2D eigenvalue weighted by atomic mass is 16.5. The molecule has 0 spiro atoms. The molecule has 2 aliphatic heterocycles. The van der Waals surface area contributed by atoms with Gasteiger partial charge in [0.2, 0.25) is 0 Å². The molecule has 0 atom stereocenters. The number of furan rings is 2. The van der Waals surface area contributed by atoms with Crippen LogP contribution in [0.15, 0.2) is 227 Å². The number of rotatable bonds is 3. The maximum atomic E-state index is 7.28. The largest absolute Gasteiger partial charge is 0.458 e. The Morgan fingerprint density at radius 1 is 0.329 bits per heavy atom. The molecule has 5 aromatic heterocycles. The monoisotopic (exact) mass is 929 g/mol. The number of hydrogen-bond donors (Lipinski definition) is 0. The summed E-state index contributed by atoms with van der Waals surface area (Å²) < 4.78 is 28.7. The Hall–Kier alpha value is -9.72. The van der Waals surface area contributed by atoms with E-state index in [1.165, 1.54) is 54.6 Å². The van der Waals surface area contributed by atoms with Gasteiger partial charge in [0.25, 0.3) is 6.71 Å². The Morgan fingerprint density at radius 2 is 0.904 bits per heavy atom. The van der Waals surface area contributed by atoms with E-state index >= 15 is 0 Å². The number of aromatic nitrogens is 3. The maximum absolute atomic E-state index is 7.28. The van der Waals surface area contributed by atoms with Gasteiger partial charge in [-0.2, -0.15) is 0 Å². The van der Waals surface area contributed by atoms with Gasteiger partial charge in [0.15, 0.2) is 0 Å². The van der Waals surface area contributed by atoms with Crippen molar-refractivity contribution in [2.75, 3.05) is 0 Å². The SMILES string of the molecule is c1ccc(-c2ccc3c(c2)B2c4c(cccc4-n4c5ccc6c7cc(-n8c9ccccc9c9ccccc98)ccc7oc6c5c5c6oc7ccc(-n8c9ccccc9c9ccccc98)cc7c6cc2c54)O3)cc1. The molecule has 0 radical (unpaired) electrons. The summed E-state index contributed by atoms with van der Waals surface area (Å²) in [5.74, 6) is 1.74. The standard InChI is InChI=1S/C66H36BN3O3/c1-2-13-37(14-3-1)38-25-30-59-49(33-38)67-50-36-48-47-35-40(69-53-21-10-6-17-43(53)44-18-7-11-22-54(44)69)27-32-58(47)73-66(48)62-61-55(70(64(50)62)56-23-12-24-60(71-59)63(56)67)29-28-45-46-34-39(26-31-57(46)72-65(45)61)68-51-19-8-4-15-41(51)42-16-5-9-20-52(42)68/h1-36H. The molecule has 73 heavy (non-hydrogen) atoms. The molecule has 6 nitrogen and oxygen atoms in total. The quantitative estimate of drug-likeness (QED) is 0.166. The second-order valence-corrected chi connectivity index (χ2v) is 19.9. The van der Waals surface area contributed by atoms with Gasteiger partial charge in [-0.15, -0.1) is 0 Å². The smallest absolute Gasteiger partial charge is 0.256 e. The van der Waals surface area contributed by atoms with Gasteiger partial charge in [-0.3, -0.25) is 0 Å². The van der Waals surface area contributed by atoms with E-state index in [2.05, 4.69) is 232 Å². The highest BCUT2D eigenvalue weighted by Crippen LogP contribution is 2.48. The van der Waals surface area contributed by atoms with Crippen molar-refractivity contribution in [3.05, 3.63) is 218 Å². The zero-order valence-electron chi connectivity index (χ0n) is 38.9. The minimum Gasteiger partial charge on any atom is -0.458 e. The Labute approximate surface area is 415 Å². The molecule has 2 aliphatic rings. The molecular weight excluding hydrogens is 894 g/mol. The lowest BCUT2D eigenvalue weighted by molar-refractivity contribution is 0.487. The van der Waals surface area contributed by atoms with Gasteiger partial charge < -0.3 is 27.3 Å². The highest BCUT2D eigenvalue weighted by Gasteiger charge is 2.42. The predicted octanol–water partition coefficient (Wildman–Crippen LogP) is 15.4. The van der Waals surface area contributed by atoms with Crippen LogP contribution in [0.25, 0.3) is 137 Å². The van der Waals surface area contributed by atoms with Crippen molar-refractivity contribution in [3.8, 4) is 39.7 Å². The summed E-state index contributed by atoms with van der Waals surface area (Å²) in [5.41, 5.74) is 19.3. The number of hydrogen-bond acceptors (Lipinski definition) is 3. The molecular formula is C66H36BN3O3. The normalized spacial score (nSPS) is 13.0. The number of fused-ring (bicyclic) bond motifs is 21. The molecule has 0 saturated carbocycles. The zero-order valence-corrected chi connectivity index (χ0v) is 38.9. The van der Waals surface area contributed by atoms with Gasteiger partial charge in [-0.05, 0) is 119 Å². The highest BCUT2D eigenvalue weighted by molar-refractivity contribution is 6.99. The second-order valence-electron chi connectivity index (χ2n) is 19.9. The first-order valence-corrected chi connectivity index (χ1v) is 25.0. The van der Waals surface area contributed by atoms with Crippen LogP contribution < -0.4 is 21.1 Å². The molecule has 18 rings (SSSR count). The number of nitrogens with zero attached hydrogens (tertiary/aromatic N) is 3. The fourth-order valence-corrected chi connectivity index (χ4v) is 13.3. The van der Waals surface area contributed by atoms with Crippen LogP contribution in [-0.4, -0.2) is 20.4 Å². The molecule has 16 aromatic rings. The maximum Gasteiger partial charge on any atom is 0.256 e. The van der Waals surface area contributed by atoms with E-state index in [4.69, 9.17) is 13.6 Å². The fraction of sp³-hybridized carbons (Fsp3) is 0. The Balaban J connectivity index is 0.968. The Kier molecular flexibility index (Phi) is 7.08. The van der Waals surface area contributed by atoms with Crippen molar-refractivity contribution in [2.45, 2.75) is 0 Å². The number of ether oxygens (including phenoxy) is 1. The fourth-order valence-electron chi connectivity index (χ4n) is 13.3. The van der Waals surface area contributed by atoms with Gasteiger partial charge in [-0.1, -0.05) is 127 Å². The molecule has 11 aromatic carbocycles. The van der Waals surface area contributed by atoms with Gasteiger partial charge >= 0.3 is 0 Å². The van der Waals surface area contributed by atoms with Crippen LogP contribution in [0, 0.1) is 0 Å². The molecule has 0 N–H and O–H groups in total. The van der Waals surface area contributed by atoms with Crippen LogP contribution in [-0.2, 0) is 0 Å². The summed E-state index contributed by atoms with van der Waals surface area (Å²) >= 11 is 0. The van der Waals surface area contributed by atoms with Gasteiger partial charge in [0.1, 0.15) is 33.8 Å². The van der Waals surface area contributed by atoms with Crippen LogP contribution in [0.4, 0.5) is 0 Å². The van der Waals surface area contributed by atoms with E-state index in [9.17, 15) is 0 Å². The van der Waals surface area contributed by atoms with Crippen LogP contribution in [0.1, 0.15) is 0 Å². The number of para-hydroxylation sites is 4. The summed E-state index contributed by atoms with van der Waals surface area (Å²) in [6.45, 7) is -0.132. The minimum absolute atomic E-state index is 0.132. The number of benzene rings is 11. The lowest BCUT2D eigenvalue weighted by Crippen LogP contribution is -2.58. The van der Waals surface area contributed by atoms with Crippen molar-refractivity contribution >= 4 is 132 Å². The van der Waals surface area contributed by atoms with Crippen molar-refractivity contribution in [2.24, 2.45) is 0 Å². The van der Waals surface area contributed by atoms with Gasteiger partial charge in [0, 0.05) is 60.2 Å². The van der Waals surface area contributed by atoms with E-state index in [1.807, 2.05) is 0 Å². The predicted molar refractivity (Wildman–Crippen MR) is 301 cm³/mol. The average Bonchev–Trinajstić information content (AvgIpc) is 4.26. The summed E-state index contributed by atoms with van der Waals surface area (Å²) in [6.07, 6.45) is 0. The van der Waals surface area contributed by atoms with Crippen molar-refractivity contribution in [3.63, 3.8) is 0 Å². The average molecular weight is 930 g/mol. The van der Waals surface area contributed by atoms with E-state index in [0.717, 1.165) is 111 Å². The lowest BCUT2D eigenvalue weighted by atomic mass is 9.34. The van der Waals surface area contributed by atoms with Crippen molar-refractivity contribution in [1.82, 2.24) is 13.7 Å². The molecule has 0 saturated heterocycles. The molecule has 0 unspecified atom stereocenters. The van der Waals surface area contributed by atoms with E-state index < -0.39 is 0 Å². The molecule has 336 valence electrons. The van der Waals surface area contributed by atoms with Crippen LogP contribution in [0.2, 0.25) is 0 Å². The summed E-state index contributed by atoms with van der Waals surface area (Å²) in [7, 11) is 0. The summed E-state index contributed by atoms with van der Waals surface area (Å²) in [6, 6.07) is 79.0. The molecule has 0 fully saturated rings. The first-order chi connectivity index (χ1) is 36.2. The topological polar surface area (TPSA) is 50.3 Å². The lowest BCUT2D eigenvalue weighted by Gasteiger charge is -2.33. The molecule has 0 aliphatic carbocycles. The molecule has 7 heteroatoms. The summed E-state index contributed by atoms with van der Waals surface area (Å²) in [5, 5.41) is 11.3. The molecule has 7 heterocycles.